The van der Waals surface area contributed by atoms with E-state index >= 15 is 0 Å². The number of piperidine rings is 1. The van der Waals surface area contributed by atoms with Gasteiger partial charge in [0.25, 0.3) is 5.24 Å². The maximum atomic E-state index is 11.1. The largest absolute Gasteiger partial charge is 0.481 e. The highest BCUT2D eigenvalue weighted by Crippen LogP contribution is 2.30. The topological polar surface area (TPSA) is 78.4 Å². The van der Waals surface area contributed by atoms with Gasteiger partial charge < -0.3 is 10.4 Å². The fraction of sp³-hybridized carbons (Fsp3) is 0.714. The molecule has 0 aliphatic carbocycles. The number of carbonyl (C=O) groups excluding carboxylic acids is 1. The van der Waals surface area contributed by atoms with Crippen molar-refractivity contribution in [2.75, 3.05) is 0 Å². The molecule has 3 unspecified atom stereocenters. The van der Waals surface area contributed by atoms with Crippen LogP contribution in [0.25, 0.3) is 0 Å². The van der Waals surface area contributed by atoms with Crippen LogP contribution in [0.4, 0.5) is 4.79 Å². The summed E-state index contributed by atoms with van der Waals surface area (Å²) >= 11 is 1.04. The number of aliphatic carboxylic acids is 1. The Morgan fingerprint density at radius 3 is 3.00 bits per heavy atom. The van der Waals surface area contributed by atoms with Crippen molar-refractivity contribution in [3.63, 3.8) is 0 Å². The lowest BCUT2D eigenvalue weighted by atomic mass is 9.97. The molecule has 72 valence electrons. The molecule has 0 saturated carbocycles. The number of amides is 1. The molecule has 2 aliphatic heterocycles. The van der Waals surface area contributed by atoms with Crippen molar-refractivity contribution in [1.82, 2.24) is 10.6 Å². The molecule has 2 rings (SSSR count). The summed E-state index contributed by atoms with van der Waals surface area (Å²) in [6.45, 7) is 0. The number of hydrogen-bond acceptors (Lipinski definition) is 4. The molecule has 5 nitrogen and oxygen atoms in total. The van der Waals surface area contributed by atoms with Gasteiger partial charge in [-0.25, -0.2) is 0 Å². The third-order valence-electron chi connectivity index (χ3n) is 2.34. The Balaban J connectivity index is 2.10. The van der Waals surface area contributed by atoms with E-state index in [9.17, 15) is 9.59 Å². The fourth-order valence-corrected chi connectivity index (χ4v) is 2.76. The zero-order chi connectivity index (χ0) is 9.42. The Bertz CT molecular complexity index is 256. The van der Waals surface area contributed by atoms with Crippen LogP contribution in [0.1, 0.15) is 12.8 Å². The van der Waals surface area contributed by atoms with Gasteiger partial charge in [-0.1, -0.05) is 0 Å². The quantitative estimate of drug-likeness (QED) is 0.565. The smallest absolute Gasteiger partial charge is 0.308 e. The van der Waals surface area contributed by atoms with E-state index in [1.807, 2.05) is 0 Å². The van der Waals surface area contributed by atoms with Crippen LogP contribution in [0, 0.1) is 5.92 Å². The van der Waals surface area contributed by atoms with E-state index in [-0.39, 0.29) is 16.8 Å². The summed E-state index contributed by atoms with van der Waals surface area (Å²) in [7, 11) is 0. The molecule has 6 heteroatoms. The summed E-state index contributed by atoms with van der Waals surface area (Å²) < 4.78 is 0. The molecule has 2 bridgehead atoms. The Kier molecular flexibility index (Phi) is 2.17. The van der Waals surface area contributed by atoms with Crippen LogP contribution in [0.2, 0.25) is 0 Å². The maximum Gasteiger partial charge on any atom is 0.308 e. The van der Waals surface area contributed by atoms with E-state index in [1.165, 1.54) is 0 Å². The van der Waals surface area contributed by atoms with E-state index in [4.69, 9.17) is 5.11 Å². The molecule has 0 radical (unpaired) electrons. The van der Waals surface area contributed by atoms with Crippen LogP contribution < -0.4 is 10.6 Å². The van der Waals surface area contributed by atoms with Gasteiger partial charge in [0.2, 0.25) is 0 Å². The number of thioether (sulfide) groups is 1. The van der Waals surface area contributed by atoms with Gasteiger partial charge in [0.15, 0.2) is 0 Å². The lowest BCUT2D eigenvalue weighted by Crippen LogP contribution is -2.59. The molecular formula is C7H10N2O3S. The molecule has 0 spiro atoms. The third kappa shape index (κ3) is 1.64. The second kappa shape index (κ2) is 3.19. The predicted octanol–water partition coefficient (Wildman–Crippen LogP) is 0.179. The van der Waals surface area contributed by atoms with Crippen molar-refractivity contribution in [2.45, 2.75) is 24.4 Å². The van der Waals surface area contributed by atoms with Crippen molar-refractivity contribution in [3.8, 4) is 0 Å². The van der Waals surface area contributed by atoms with Crippen molar-refractivity contribution in [2.24, 2.45) is 5.92 Å². The molecule has 2 fully saturated rings. The highest BCUT2D eigenvalue weighted by Gasteiger charge is 2.40. The molecule has 0 aromatic carbocycles. The Labute approximate surface area is 79.3 Å². The van der Waals surface area contributed by atoms with Crippen LogP contribution in [-0.4, -0.2) is 27.9 Å². The van der Waals surface area contributed by atoms with Crippen molar-refractivity contribution < 1.29 is 14.7 Å². The highest BCUT2D eigenvalue weighted by molar-refractivity contribution is 8.14. The van der Waals surface area contributed by atoms with E-state index in [0.717, 1.165) is 11.8 Å². The van der Waals surface area contributed by atoms with E-state index in [0.29, 0.717) is 12.8 Å². The molecule has 2 heterocycles. The summed E-state index contributed by atoms with van der Waals surface area (Å²) in [4.78, 5) is 21.8. The minimum atomic E-state index is -0.821. The van der Waals surface area contributed by atoms with E-state index in [2.05, 4.69) is 10.6 Å². The van der Waals surface area contributed by atoms with Crippen LogP contribution in [-0.2, 0) is 4.79 Å². The molecule has 0 aromatic heterocycles. The number of fused-ring (bicyclic) bond motifs is 2. The first kappa shape index (κ1) is 8.83. The minimum Gasteiger partial charge on any atom is -0.481 e. The summed E-state index contributed by atoms with van der Waals surface area (Å²) in [5.41, 5.74) is 0. The van der Waals surface area contributed by atoms with Crippen molar-refractivity contribution in [1.29, 1.82) is 0 Å². The Morgan fingerprint density at radius 1 is 1.54 bits per heavy atom. The monoisotopic (exact) mass is 202 g/mol. The normalized spacial score (nSPS) is 38.2. The van der Waals surface area contributed by atoms with Gasteiger partial charge >= 0.3 is 5.97 Å². The van der Waals surface area contributed by atoms with Crippen LogP contribution in [0.15, 0.2) is 0 Å². The van der Waals surface area contributed by atoms with Gasteiger partial charge in [0, 0.05) is 0 Å². The lowest BCUT2D eigenvalue weighted by Gasteiger charge is -2.38. The zero-order valence-electron chi connectivity index (χ0n) is 6.82. The maximum absolute atomic E-state index is 11.1. The molecule has 3 atom stereocenters. The van der Waals surface area contributed by atoms with Gasteiger partial charge in [0.1, 0.15) is 0 Å². The number of hydrogen-bond donors (Lipinski definition) is 3. The molecule has 1 amide bonds. The van der Waals surface area contributed by atoms with Gasteiger partial charge in [0.05, 0.1) is 17.5 Å². The van der Waals surface area contributed by atoms with Gasteiger partial charge in [-0.05, 0) is 24.6 Å². The minimum absolute atomic E-state index is 0.0330. The van der Waals surface area contributed by atoms with Crippen LogP contribution >= 0.6 is 11.8 Å². The third-order valence-corrected chi connectivity index (χ3v) is 3.39. The first-order chi connectivity index (χ1) is 6.16. The molecule has 2 aliphatic rings. The molecular weight excluding hydrogens is 192 g/mol. The molecule has 2 saturated heterocycles. The molecule has 3 N–H and O–H groups in total. The first-order valence-electron chi connectivity index (χ1n) is 4.13. The zero-order valence-corrected chi connectivity index (χ0v) is 7.63. The fourth-order valence-electron chi connectivity index (χ4n) is 1.67. The number of carboxylic acid groups (broad SMARTS) is 1. The van der Waals surface area contributed by atoms with E-state index < -0.39 is 11.9 Å². The lowest BCUT2D eigenvalue weighted by molar-refractivity contribution is -0.142. The summed E-state index contributed by atoms with van der Waals surface area (Å²) in [6.07, 6.45) is 1.29. The number of carbonyl (C=O) groups is 2. The highest BCUT2D eigenvalue weighted by atomic mass is 32.2. The van der Waals surface area contributed by atoms with Gasteiger partial charge in [-0.2, -0.15) is 0 Å². The van der Waals surface area contributed by atoms with Gasteiger partial charge in [-0.3, -0.25) is 14.9 Å². The average Bonchev–Trinajstić information content (AvgIpc) is 2.02. The average molecular weight is 202 g/mol. The standard InChI is InChI=1S/C7H10N2O3S/c10-6(11)3-1-2-4-8-5(3)13-7(12)9-4/h3-5,8H,1-2H2,(H,9,12)(H,10,11). The first-order valence-corrected chi connectivity index (χ1v) is 5.01. The predicted molar refractivity (Wildman–Crippen MR) is 47.2 cm³/mol. The SMILES string of the molecule is O=C1NC2CCC(C(=O)O)C(N2)S1. The number of nitrogens with one attached hydrogen (secondary N) is 2. The summed E-state index contributed by atoms with van der Waals surface area (Å²) in [5.74, 6) is -1.26. The Hall–Kier alpha value is -0.750. The summed E-state index contributed by atoms with van der Waals surface area (Å²) in [5, 5.41) is 14.3. The molecule has 0 aromatic rings. The Morgan fingerprint density at radius 2 is 2.31 bits per heavy atom. The molecule has 13 heavy (non-hydrogen) atoms. The van der Waals surface area contributed by atoms with Crippen LogP contribution in [0.5, 0.6) is 0 Å². The summed E-state index contributed by atoms with van der Waals surface area (Å²) in [6, 6.07) is 0. The second-order valence-corrected chi connectivity index (χ2v) is 4.33. The van der Waals surface area contributed by atoms with E-state index in [1.54, 1.807) is 0 Å². The van der Waals surface area contributed by atoms with Crippen molar-refractivity contribution >= 4 is 23.0 Å². The van der Waals surface area contributed by atoms with Crippen LogP contribution in [0.3, 0.4) is 0 Å². The van der Waals surface area contributed by atoms with Crippen molar-refractivity contribution in [3.05, 3.63) is 0 Å². The second-order valence-electron chi connectivity index (χ2n) is 3.21. The van der Waals surface area contributed by atoms with Gasteiger partial charge in [-0.15, -0.1) is 0 Å². The number of carboxylic acids is 1. The number of rotatable bonds is 1.